The Morgan fingerprint density at radius 2 is 1.78 bits per heavy atom. The maximum atomic E-state index is 12.7. The van der Waals surface area contributed by atoms with E-state index in [9.17, 15) is 4.79 Å². The van der Waals surface area contributed by atoms with E-state index in [1.807, 2.05) is 30.3 Å². The van der Waals surface area contributed by atoms with Crippen molar-refractivity contribution >= 4 is 11.8 Å². The fourth-order valence-electron chi connectivity index (χ4n) is 6.53. The molecule has 2 aliphatic rings. The zero-order valence-electron chi connectivity index (χ0n) is 20.4. The summed E-state index contributed by atoms with van der Waals surface area (Å²) in [5.74, 6) is 2.41. The van der Waals surface area contributed by atoms with Crippen LogP contribution in [0.3, 0.4) is 0 Å². The summed E-state index contributed by atoms with van der Waals surface area (Å²) in [5.41, 5.74) is 5.33. The molecule has 172 valence electrons. The molecule has 1 unspecified atom stereocenters. The molecule has 1 amide bonds. The third kappa shape index (κ3) is 4.00. The van der Waals surface area contributed by atoms with Crippen molar-refractivity contribution in [3.8, 4) is 11.5 Å². The highest BCUT2D eigenvalue weighted by atomic mass is 16.6. The zero-order valence-corrected chi connectivity index (χ0v) is 20.4. The second-order valence-corrected chi connectivity index (χ2v) is 10.8. The normalized spacial score (nSPS) is 23.8. The molecule has 0 aliphatic heterocycles. The number of anilines is 1. The molecule has 2 aromatic rings. The van der Waals surface area contributed by atoms with Gasteiger partial charge in [-0.3, -0.25) is 5.32 Å². The number of carbonyl (C=O) groups excluding carboxylic acids is 1. The van der Waals surface area contributed by atoms with Crippen LogP contribution in [-0.2, 0) is 11.8 Å². The minimum Gasteiger partial charge on any atom is -0.497 e. The van der Waals surface area contributed by atoms with Crippen LogP contribution < -0.4 is 14.8 Å². The highest BCUT2D eigenvalue weighted by Gasteiger charge is 2.50. The molecular weight excluding hydrogens is 398 g/mol. The largest absolute Gasteiger partial charge is 0.497 e. The van der Waals surface area contributed by atoms with Gasteiger partial charge in [-0.1, -0.05) is 47.1 Å². The van der Waals surface area contributed by atoms with E-state index < -0.39 is 6.09 Å². The van der Waals surface area contributed by atoms with Gasteiger partial charge in [-0.25, -0.2) is 4.79 Å². The predicted octanol–water partition coefficient (Wildman–Crippen LogP) is 7.46. The Kier molecular flexibility index (Phi) is 6.00. The molecular formula is C28H37NO3. The smallest absolute Gasteiger partial charge is 0.417 e. The summed E-state index contributed by atoms with van der Waals surface area (Å²) >= 11 is 0. The van der Waals surface area contributed by atoms with Crippen molar-refractivity contribution in [2.45, 2.75) is 78.1 Å². The Morgan fingerprint density at radius 3 is 2.44 bits per heavy atom. The maximum absolute atomic E-state index is 12.7. The Balaban J connectivity index is 1.63. The summed E-state index contributed by atoms with van der Waals surface area (Å²) in [6.45, 7) is 11.8. The van der Waals surface area contributed by atoms with Gasteiger partial charge in [0.2, 0.25) is 0 Å². The zero-order chi connectivity index (χ0) is 23.1. The monoisotopic (exact) mass is 435 g/mol. The van der Waals surface area contributed by atoms with Crippen LogP contribution in [0.25, 0.3) is 0 Å². The first-order valence-corrected chi connectivity index (χ1v) is 11.9. The summed E-state index contributed by atoms with van der Waals surface area (Å²) in [5, 5.41) is 2.83. The first kappa shape index (κ1) is 22.7. The van der Waals surface area contributed by atoms with Gasteiger partial charge >= 0.3 is 6.09 Å². The maximum Gasteiger partial charge on any atom is 0.417 e. The molecule has 4 rings (SSSR count). The third-order valence-corrected chi connectivity index (χ3v) is 7.96. The van der Waals surface area contributed by atoms with E-state index in [1.165, 1.54) is 42.4 Å². The number of fused-ring (bicyclic) bond motifs is 3. The number of methoxy groups -OCH3 is 1. The van der Waals surface area contributed by atoms with Gasteiger partial charge < -0.3 is 9.47 Å². The number of ether oxygens (including phenoxy) is 2. The van der Waals surface area contributed by atoms with Gasteiger partial charge in [0.15, 0.2) is 0 Å². The lowest BCUT2D eigenvalue weighted by Gasteiger charge is -2.54. The fraction of sp³-hybridized carbons (Fsp3) is 0.536. The molecule has 4 nitrogen and oxygen atoms in total. The van der Waals surface area contributed by atoms with Crippen molar-refractivity contribution < 1.29 is 14.3 Å². The highest BCUT2D eigenvalue weighted by molar-refractivity contribution is 5.86. The molecule has 0 radical (unpaired) electrons. The van der Waals surface area contributed by atoms with Crippen molar-refractivity contribution in [2.24, 2.45) is 11.3 Å². The third-order valence-electron chi connectivity index (χ3n) is 7.96. The molecule has 1 saturated carbocycles. The quantitative estimate of drug-likeness (QED) is 0.542. The van der Waals surface area contributed by atoms with Crippen LogP contribution in [0.5, 0.6) is 11.5 Å². The summed E-state index contributed by atoms with van der Waals surface area (Å²) in [6, 6.07) is 11.5. The van der Waals surface area contributed by atoms with Gasteiger partial charge in [0.25, 0.3) is 0 Å². The average molecular weight is 436 g/mol. The van der Waals surface area contributed by atoms with Gasteiger partial charge in [0.05, 0.1) is 7.11 Å². The Morgan fingerprint density at radius 1 is 1.06 bits per heavy atom. The molecule has 1 fully saturated rings. The van der Waals surface area contributed by atoms with Gasteiger partial charge in [-0.05, 0) is 89.8 Å². The number of hydrogen-bond acceptors (Lipinski definition) is 3. The number of benzene rings is 2. The van der Waals surface area contributed by atoms with E-state index in [2.05, 4.69) is 46.0 Å². The Labute approximate surface area is 192 Å². The Bertz CT molecular complexity index is 992. The summed E-state index contributed by atoms with van der Waals surface area (Å²) < 4.78 is 11.0. The fourth-order valence-corrected chi connectivity index (χ4v) is 6.53. The van der Waals surface area contributed by atoms with E-state index in [0.29, 0.717) is 22.8 Å². The summed E-state index contributed by atoms with van der Waals surface area (Å²) in [6.07, 6.45) is 5.63. The van der Waals surface area contributed by atoms with E-state index in [-0.39, 0.29) is 11.3 Å². The number of nitrogens with one attached hydrogen (secondary N) is 1. The van der Waals surface area contributed by atoms with Gasteiger partial charge in [-0.15, -0.1) is 0 Å². The van der Waals surface area contributed by atoms with E-state index >= 15 is 0 Å². The lowest BCUT2D eigenvalue weighted by atomic mass is 9.50. The lowest BCUT2D eigenvalue weighted by molar-refractivity contribution is 0.0404. The molecule has 0 spiro atoms. The first-order chi connectivity index (χ1) is 15.2. The minimum absolute atomic E-state index is 0.197. The van der Waals surface area contributed by atoms with Crippen molar-refractivity contribution in [3.05, 3.63) is 53.1 Å². The topological polar surface area (TPSA) is 47.6 Å². The summed E-state index contributed by atoms with van der Waals surface area (Å²) in [4.78, 5) is 12.7. The lowest BCUT2D eigenvalue weighted by Crippen LogP contribution is -2.48. The number of hydrogen-bond donors (Lipinski definition) is 1. The molecule has 0 aromatic heterocycles. The molecule has 2 aromatic carbocycles. The standard InChI is InChI=1S/C28H37NO3/c1-18(2)25-21-12-15-24-27(3,4)16-7-17-28(24,5)22(21)13-14-23(25)32-26(30)29-19-8-10-20(31-6)11-9-19/h8-11,13-14,18,24H,7,12,15-17H2,1-6H3,(H,29,30)/t24?,28-/m1/s1. The number of amides is 1. The molecule has 32 heavy (non-hydrogen) atoms. The van der Waals surface area contributed by atoms with Crippen LogP contribution in [0.4, 0.5) is 10.5 Å². The van der Waals surface area contributed by atoms with E-state index in [4.69, 9.17) is 9.47 Å². The number of rotatable bonds is 4. The van der Waals surface area contributed by atoms with E-state index in [1.54, 1.807) is 7.11 Å². The molecule has 2 atom stereocenters. The molecule has 4 heteroatoms. The van der Waals surface area contributed by atoms with Gasteiger partial charge in [0.1, 0.15) is 11.5 Å². The molecule has 2 aliphatic carbocycles. The molecule has 0 bridgehead atoms. The minimum atomic E-state index is -0.462. The molecule has 0 saturated heterocycles. The van der Waals surface area contributed by atoms with Crippen LogP contribution >= 0.6 is 0 Å². The van der Waals surface area contributed by atoms with Crippen LogP contribution in [0.1, 0.15) is 82.9 Å². The Hall–Kier alpha value is -2.49. The van der Waals surface area contributed by atoms with E-state index in [0.717, 1.165) is 12.2 Å². The van der Waals surface area contributed by atoms with Crippen molar-refractivity contribution in [1.82, 2.24) is 0 Å². The van der Waals surface area contributed by atoms with Gasteiger partial charge in [-0.2, -0.15) is 0 Å². The van der Waals surface area contributed by atoms with Crippen LogP contribution in [-0.4, -0.2) is 13.2 Å². The van der Waals surface area contributed by atoms with Crippen molar-refractivity contribution in [1.29, 1.82) is 0 Å². The second-order valence-electron chi connectivity index (χ2n) is 10.8. The summed E-state index contributed by atoms with van der Waals surface area (Å²) in [7, 11) is 1.62. The molecule has 0 heterocycles. The van der Waals surface area contributed by atoms with Crippen molar-refractivity contribution in [3.63, 3.8) is 0 Å². The SMILES string of the molecule is COc1ccc(NC(=O)Oc2ccc3c(c2C(C)C)CCC2C(C)(C)CCC[C@]32C)cc1. The highest BCUT2D eigenvalue weighted by Crippen LogP contribution is 2.58. The average Bonchev–Trinajstić information content (AvgIpc) is 2.73. The van der Waals surface area contributed by atoms with Crippen LogP contribution in [0.15, 0.2) is 36.4 Å². The van der Waals surface area contributed by atoms with Gasteiger partial charge in [0, 0.05) is 11.3 Å². The van der Waals surface area contributed by atoms with Crippen molar-refractivity contribution in [2.75, 3.05) is 12.4 Å². The number of carbonyl (C=O) groups is 1. The van der Waals surface area contributed by atoms with Crippen LogP contribution in [0.2, 0.25) is 0 Å². The van der Waals surface area contributed by atoms with Crippen LogP contribution in [0, 0.1) is 11.3 Å². The second kappa shape index (κ2) is 8.46. The molecule has 1 N–H and O–H groups in total. The first-order valence-electron chi connectivity index (χ1n) is 11.9. The predicted molar refractivity (Wildman–Crippen MR) is 130 cm³/mol.